The zero-order chi connectivity index (χ0) is 17.7. The first-order valence-electron chi connectivity index (χ1n) is 6.55. The number of rotatable bonds is 3. The number of nitrogens with zero attached hydrogens (tertiary/aromatic N) is 1. The number of hydrogen-bond acceptors (Lipinski definition) is 4. The molecule has 24 heavy (non-hydrogen) atoms. The molecule has 0 saturated carbocycles. The number of phenols is 2. The van der Waals surface area contributed by atoms with E-state index in [0.29, 0.717) is 5.56 Å². The normalized spacial score (nSPS) is 11.5. The van der Waals surface area contributed by atoms with Gasteiger partial charge in [-0.2, -0.15) is 18.3 Å². The first-order valence-corrected chi connectivity index (χ1v) is 6.96. The molecular weight excluding hydrogens is 343 g/mol. The molecule has 0 aliphatic heterocycles. The van der Waals surface area contributed by atoms with Crippen molar-refractivity contribution in [1.29, 1.82) is 0 Å². The van der Waals surface area contributed by atoms with E-state index in [2.05, 4.69) is 15.8 Å². The molecule has 2 aromatic carbocycles. The summed E-state index contributed by atoms with van der Waals surface area (Å²) in [5, 5.41) is 24.7. The molecule has 5 nitrogen and oxygen atoms in total. The van der Waals surface area contributed by atoms with E-state index in [4.69, 9.17) is 17.3 Å². The fourth-order valence-corrected chi connectivity index (χ4v) is 1.95. The van der Waals surface area contributed by atoms with Gasteiger partial charge in [0.15, 0.2) is 5.11 Å². The topological polar surface area (TPSA) is 76.9 Å². The van der Waals surface area contributed by atoms with Crippen molar-refractivity contribution in [3.8, 4) is 11.5 Å². The van der Waals surface area contributed by atoms with Gasteiger partial charge in [0.2, 0.25) is 0 Å². The van der Waals surface area contributed by atoms with Crippen molar-refractivity contribution in [2.24, 2.45) is 5.10 Å². The molecule has 0 saturated heterocycles. The van der Waals surface area contributed by atoms with Crippen molar-refractivity contribution < 1.29 is 23.4 Å². The highest BCUT2D eigenvalue weighted by Gasteiger charge is 2.33. The summed E-state index contributed by atoms with van der Waals surface area (Å²) in [7, 11) is 0. The molecule has 2 aromatic rings. The maximum Gasteiger partial charge on any atom is 0.418 e. The smallest absolute Gasteiger partial charge is 0.418 e. The molecule has 0 aromatic heterocycles. The lowest BCUT2D eigenvalue weighted by atomic mass is 10.2. The van der Waals surface area contributed by atoms with Gasteiger partial charge in [-0.05, 0) is 36.5 Å². The van der Waals surface area contributed by atoms with Crippen molar-refractivity contribution in [3.63, 3.8) is 0 Å². The molecule has 0 radical (unpaired) electrons. The SMILES string of the molecule is Oc1ccc(/C=N/NC(=S)Nc2ccccc2C(F)(F)F)c(O)c1. The zero-order valence-corrected chi connectivity index (χ0v) is 12.8. The van der Waals surface area contributed by atoms with Crippen molar-refractivity contribution in [3.05, 3.63) is 53.6 Å². The van der Waals surface area contributed by atoms with Crippen LogP contribution in [0.15, 0.2) is 47.6 Å². The van der Waals surface area contributed by atoms with Gasteiger partial charge in [-0.1, -0.05) is 12.1 Å². The summed E-state index contributed by atoms with van der Waals surface area (Å²) in [6.45, 7) is 0. The number of halogens is 3. The molecule has 0 fully saturated rings. The minimum Gasteiger partial charge on any atom is -0.508 e. The van der Waals surface area contributed by atoms with Gasteiger partial charge in [0.25, 0.3) is 0 Å². The van der Waals surface area contributed by atoms with E-state index in [1.54, 1.807) is 0 Å². The Hall–Kier alpha value is -2.81. The monoisotopic (exact) mass is 355 g/mol. The molecule has 0 aliphatic carbocycles. The molecule has 0 aliphatic rings. The van der Waals surface area contributed by atoms with E-state index in [-0.39, 0.29) is 22.3 Å². The standard InChI is InChI=1S/C15H12F3N3O2S/c16-15(17,18)11-3-1-2-4-12(11)20-14(24)21-19-8-9-5-6-10(22)7-13(9)23/h1-8,22-23H,(H2,20,21,24)/b19-8+. The van der Waals surface area contributed by atoms with Gasteiger partial charge >= 0.3 is 6.18 Å². The first kappa shape index (κ1) is 17.5. The Labute approximate surface area is 140 Å². The summed E-state index contributed by atoms with van der Waals surface area (Å²) >= 11 is 4.88. The van der Waals surface area contributed by atoms with E-state index in [9.17, 15) is 18.3 Å². The number of nitrogens with one attached hydrogen (secondary N) is 2. The largest absolute Gasteiger partial charge is 0.508 e. The second-order valence-corrected chi connectivity index (χ2v) is 5.02. The van der Waals surface area contributed by atoms with Crippen molar-refractivity contribution in [1.82, 2.24) is 5.43 Å². The molecule has 4 N–H and O–H groups in total. The maximum absolute atomic E-state index is 12.9. The maximum atomic E-state index is 12.9. The summed E-state index contributed by atoms with van der Waals surface area (Å²) in [6.07, 6.45) is -3.31. The summed E-state index contributed by atoms with van der Waals surface area (Å²) < 4.78 is 38.6. The van der Waals surface area contributed by atoms with Crippen LogP contribution < -0.4 is 10.7 Å². The number of anilines is 1. The Balaban J connectivity index is 2.03. The van der Waals surface area contributed by atoms with Crippen LogP contribution in [0, 0.1) is 0 Å². The average Bonchev–Trinajstić information content (AvgIpc) is 2.49. The van der Waals surface area contributed by atoms with Gasteiger partial charge in [-0.3, -0.25) is 5.43 Å². The van der Waals surface area contributed by atoms with Crippen LogP contribution in [-0.2, 0) is 6.18 Å². The van der Waals surface area contributed by atoms with Gasteiger partial charge in [-0.25, -0.2) is 0 Å². The second-order valence-electron chi connectivity index (χ2n) is 4.61. The van der Waals surface area contributed by atoms with E-state index < -0.39 is 11.7 Å². The number of aromatic hydroxyl groups is 2. The third-order valence-electron chi connectivity index (χ3n) is 2.86. The van der Waals surface area contributed by atoms with E-state index in [0.717, 1.165) is 12.1 Å². The van der Waals surface area contributed by atoms with Crippen molar-refractivity contribution in [2.75, 3.05) is 5.32 Å². The molecule has 0 spiro atoms. The Kier molecular flexibility index (Phi) is 5.24. The quantitative estimate of drug-likeness (QED) is 0.386. The van der Waals surface area contributed by atoms with Gasteiger partial charge in [0.1, 0.15) is 11.5 Å². The number of hydrazone groups is 1. The number of para-hydroxylation sites is 1. The number of benzene rings is 2. The van der Waals surface area contributed by atoms with E-state index in [1.165, 1.54) is 36.5 Å². The first-order chi connectivity index (χ1) is 11.3. The lowest BCUT2D eigenvalue weighted by molar-refractivity contribution is -0.136. The highest BCUT2D eigenvalue weighted by atomic mass is 32.1. The van der Waals surface area contributed by atoms with Crippen LogP contribution in [0.4, 0.5) is 18.9 Å². The van der Waals surface area contributed by atoms with Crippen LogP contribution in [0.25, 0.3) is 0 Å². The number of alkyl halides is 3. The number of hydrogen-bond donors (Lipinski definition) is 4. The fourth-order valence-electron chi connectivity index (χ4n) is 1.79. The Morgan fingerprint density at radius 2 is 1.83 bits per heavy atom. The third kappa shape index (κ3) is 4.59. The van der Waals surface area contributed by atoms with E-state index in [1.807, 2.05) is 0 Å². The molecule has 0 amide bonds. The highest BCUT2D eigenvalue weighted by Crippen LogP contribution is 2.34. The van der Waals surface area contributed by atoms with Gasteiger partial charge in [-0.15, -0.1) is 0 Å². The summed E-state index contributed by atoms with van der Waals surface area (Å²) in [6, 6.07) is 8.77. The number of thiocarbonyl (C=S) groups is 1. The van der Waals surface area contributed by atoms with Gasteiger partial charge < -0.3 is 15.5 Å². The summed E-state index contributed by atoms with van der Waals surface area (Å²) in [4.78, 5) is 0. The molecular formula is C15H12F3N3O2S. The van der Waals surface area contributed by atoms with Crippen molar-refractivity contribution in [2.45, 2.75) is 6.18 Å². The molecule has 0 atom stereocenters. The summed E-state index contributed by atoms with van der Waals surface area (Å²) in [5.74, 6) is -0.319. The highest BCUT2D eigenvalue weighted by molar-refractivity contribution is 7.80. The Bertz CT molecular complexity index is 779. The average molecular weight is 355 g/mol. The third-order valence-corrected chi connectivity index (χ3v) is 3.06. The zero-order valence-electron chi connectivity index (χ0n) is 12.0. The Morgan fingerprint density at radius 1 is 1.12 bits per heavy atom. The van der Waals surface area contributed by atoms with Gasteiger partial charge in [0.05, 0.1) is 17.5 Å². The molecule has 2 rings (SSSR count). The van der Waals surface area contributed by atoms with Crippen LogP contribution >= 0.6 is 12.2 Å². The minimum absolute atomic E-state index is 0.112. The predicted molar refractivity (Wildman–Crippen MR) is 88.2 cm³/mol. The molecule has 126 valence electrons. The van der Waals surface area contributed by atoms with Crippen molar-refractivity contribution >= 4 is 29.2 Å². The minimum atomic E-state index is -4.51. The second kappa shape index (κ2) is 7.18. The molecule has 9 heteroatoms. The molecule has 0 heterocycles. The van der Waals surface area contributed by atoms with Crippen LogP contribution in [-0.4, -0.2) is 21.5 Å². The van der Waals surface area contributed by atoms with Crippen LogP contribution in [0.2, 0.25) is 0 Å². The van der Waals surface area contributed by atoms with Crippen LogP contribution in [0.3, 0.4) is 0 Å². The van der Waals surface area contributed by atoms with Crippen LogP contribution in [0.1, 0.15) is 11.1 Å². The Morgan fingerprint density at radius 3 is 2.50 bits per heavy atom. The predicted octanol–water partition coefficient (Wildman–Crippen LogP) is 3.44. The summed E-state index contributed by atoms with van der Waals surface area (Å²) in [5.41, 5.74) is 1.58. The molecule has 0 unspecified atom stereocenters. The number of phenolic OH excluding ortho intramolecular Hbond substituents is 2. The van der Waals surface area contributed by atoms with Gasteiger partial charge in [0, 0.05) is 11.6 Å². The molecule has 0 bridgehead atoms. The van der Waals surface area contributed by atoms with E-state index >= 15 is 0 Å². The fraction of sp³-hybridized carbons (Fsp3) is 0.0667. The lowest BCUT2D eigenvalue weighted by Gasteiger charge is -2.14. The van der Waals surface area contributed by atoms with Crippen LogP contribution in [0.5, 0.6) is 11.5 Å². The lowest BCUT2D eigenvalue weighted by Crippen LogP contribution is -2.25.